The summed E-state index contributed by atoms with van der Waals surface area (Å²) >= 11 is 0. The predicted molar refractivity (Wildman–Crippen MR) is 91.1 cm³/mol. The molecule has 23 heavy (non-hydrogen) atoms. The zero-order valence-corrected chi connectivity index (χ0v) is 12.4. The fourth-order valence-electron chi connectivity index (χ4n) is 2.04. The van der Waals surface area contributed by atoms with Gasteiger partial charge in [-0.2, -0.15) is 0 Å². The second-order valence-corrected chi connectivity index (χ2v) is 4.87. The van der Waals surface area contributed by atoms with Crippen LogP contribution < -0.4 is 5.32 Å². The van der Waals surface area contributed by atoms with E-state index in [1.807, 2.05) is 60.7 Å². The van der Waals surface area contributed by atoms with Gasteiger partial charge in [0.25, 0.3) is 5.91 Å². The van der Waals surface area contributed by atoms with Crippen molar-refractivity contribution in [1.29, 1.82) is 0 Å². The van der Waals surface area contributed by atoms with Gasteiger partial charge < -0.3 is 5.32 Å². The maximum absolute atomic E-state index is 12.1. The van der Waals surface area contributed by atoms with Gasteiger partial charge in [0.2, 0.25) is 0 Å². The highest BCUT2D eigenvalue weighted by molar-refractivity contribution is 6.04. The van der Waals surface area contributed by atoms with Crippen LogP contribution in [0.15, 0.2) is 79.0 Å². The summed E-state index contributed by atoms with van der Waals surface area (Å²) in [6, 6.07) is 22.2. The van der Waals surface area contributed by atoms with Crippen molar-refractivity contribution in [3.63, 3.8) is 0 Å². The van der Waals surface area contributed by atoms with E-state index in [2.05, 4.69) is 22.1 Å². The van der Waals surface area contributed by atoms with Gasteiger partial charge in [0, 0.05) is 23.0 Å². The first-order chi connectivity index (χ1) is 11.3. The molecule has 110 valence electrons. The zero-order valence-electron chi connectivity index (χ0n) is 12.4. The molecule has 3 rings (SSSR count). The van der Waals surface area contributed by atoms with Crippen LogP contribution in [0.25, 0.3) is 0 Å². The minimum absolute atomic E-state index is 0.138. The first-order valence-electron chi connectivity index (χ1n) is 7.21. The van der Waals surface area contributed by atoms with Crippen LogP contribution >= 0.6 is 0 Å². The van der Waals surface area contributed by atoms with Gasteiger partial charge >= 0.3 is 0 Å². The van der Waals surface area contributed by atoms with Crippen LogP contribution in [-0.4, -0.2) is 10.9 Å². The van der Waals surface area contributed by atoms with E-state index in [-0.39, 0.29) is 5.91 Å². The van der Waals surface area contributed by atoms with Crippen LogP contribution in [0.2, 0.25) is 0 Å². The van der Waals surface area contributed by atoms with Crippen molar-refractivity contribution in [2.24, 2.45) is 0 Å². The standard InChI is InChI=1S/C20H14N2O/c23-20(17-8-2-1-3-9-17)22-19-11-6-7-16(15-19)12-13-18-10-4-5-14-21-18/h1-11,14-15H,(H,22,23). The summed E-state index contributed by atoms with van der Waals surface area (Å²) in [5.74, 6) is 5.91. The molecule has 0 unspecified atom stereocenters. The summed E-state index contributed by atoms with van der Waals surface area (Å²) in [6.45, 7) is 0. The summed E-state index contributed by atoms with van der Waals surface area (Å²) in [6.07, 6.45) is 1.71. The number of benzene rings is 2. The first-order valence-corrected chi connectivity index (χ1v) is 7.21. The van der Waals surface area contributed by atoms with E-state index in [1.165, 1.54) is 0 Å². The molecule has 2 aromatic carbocycles. The fraction of sp³-hybridized carbons (Fsp3) is 0. The van der Waals surface area contributed by atoms with Crippen molar-refractivity contribution in [2.75, 3.05) is 5.32 Å². The monoisotopic (exact) mass is 298 g/mol. The number of carbonyl (C=O) groups excluding carboxylic acids is 1. The van der Waals surface area contributed by atoms with E-state index in [0.717, 1.165) is 5.56 Å². The van der Waals surface area contributed by atoms with Gasteiger partial charge in [0.15, 0.2) is 0 Å². The minimum Gasteiger partial charge on any atom is -0.322 e. The highest BCUT2D eigenvalue weighted by Crippen LogP contribution is 2.12. The van der Waals surface area contributed by atoms with E-state index >= 15 is 0 Å². The summed E-state index contributed by atoms with van der Waals surface area (Å²) in [5, 5.41) is 2.87. The molecule has 1 heterocycles. The molecular weight excluding hydrogens is 284 g/mol. The van der Waals surface area contributed by atoms with E-state index in [1.54, 1.807) is 18.3 Å². The lowest BCUT2D eigenvalue weighted by atomic mass is 10.1. The van der Waals surface area contributed by atoms with Crippen LogP contribution in [0.4, 0.5) is 5.69 Å². The van der Waals surface area contributed by atoms with Crippen molar-refractivity contribution in [3.05, 3.63) is 95.8 Å². The van der Waals surface area contributed by atoms with Gasteiger partial charge in [-0.15, -0.1) is 0 Å². The Labute approximate surface area is 135 Å². The van der Waals surface area contributed by atoms with E-state index in [9.17, 15) is 4.79 Å². The topological polar surface area (TPSA) is 42.0 Å². The molecule has 0 aliphatic rings. The maximum Gasteiger partial charge on any atom is 0.255 e. The Kier molecular flexibility index (Phi) is 4.47. The number of hydrogen-bond donors (Lipinski definition) is 1. The summed E-state index contributed by atoms with van der Waals surface area (Å²) < 4.78 is 0. The summed E-state index contributed by atoms with van der Waals surface area (Å²) in [5.41, 5.74) is 2.87. The van der Waals surface area contributed by atoms with Crippen LogP contribution in [0.1, 0.15) is 21.6 Å². The molecule has 0 spiro atoms. The van der Waals surface area contributed by atoms with Crippen molar-refractivity contribution >= 4 is 11.6 Å². The number of pyridine rings is 1. The lowest BCUT2D eigenvalue weighted by Gasteiger charge is -2.05. The molecule has 0 atom stereocenters. The molecule has 0 saturated heterocycles. The highest BCUT2D eigenvalue weighted by atomic mass is 16.1. The molecule has 0 aliphatic heterocycles. The third-order valence-electron chi connectivity index (χ3n) is 3.16. The lowest BCUT2D eigenvalue weighted by molar-refractivity contribution is 0.102. The molecule has 3 aromatic rings. The Morgan fingerprint density at radius 2 is 1.70 bits per heavy atom. The third kappa shape index (κ3) is 4.05. The Bertz CT molecular complexity index is 862. The second-order valence-electron chi connectivity index (χ2n) is 4.87. The average molecular weight is 298 g/mol. The molecule has 3 nitrogen and oxygen atoms in total. The van der Waals surface area contributed by atoms with Crippen LogP contribution in [0.3, 0.4) is 0 Å². The molecule has 0 saturated carbocycles. The molecule has 0 radical (unpaired) electrons. The van der Waals surface area contributed by atoms with E-state index in [4.69, 9.17) is 0 Å². The quantitative estimate of drug-likeness (QED) is 0.732. The average Bonchev–Trinajstić information content (AvgIpc) is 2.62. The lowest BCUT2D eigenvalue weighted by Crippen LogP contribution is -2.11. The first kappa shape index (κ1) is 14.6. The number of nitrogens with one attached hydrogen (secondary N) is 1. The number of nitrogens with zero attached hydrogens (tertiary/aromatic N) is 1. The number of amides is 1. The van der Waals surface area contributed by atoms with Gasteiger partial charge in [-0.05, 0) is 48.4 Å². The van der Waals surface area contributed by atoms with Crippen LogP contribution in [0.5, 0.6) is 0 Å². The molecule has 1 aromatic heterocycles. The van der Waals surface area contributed by atoms with E-state index < -0.39 is 0 Å². The van der Waals surface area contributed by atoms with Gasteiger partial charge in [-0.1, -0.05) is 36.3 Å². The van der Waals surface area contributed by atoms with Crippen molar-refractivity contribution in [2.45, 2.75) is 0 Å². The van der Waals surface area contributed by atoms with Crippen LogP contribution in [0, 0.1) is 11.8 Å². The van der Waals surface area contributed by atoms with Gasteiger partial charge in [0.05, 0.1) is 0 Å². The fourth-order valence-corrected chi connectivity index (χ4v) is 2.04. The number of aromatic nitrogens is 1. The highest BCUT2D eigenvalue weighted by Gasteiger charge is 2.04. The largest absolute Gasteiger partial charge is 0.322 e. The Balaban J connectivity index is 1.76. The Morgan fingerprint density at radius 3 is 2.48 bits per heavy atom. The summed E-state index contributed by atoms with van der Waals surface area (Å²) in [4.78, 5) is 16.3. The molecule has 3 heteroatoms. The molecular formula is C20H14N2O. The third-order valence-corrected chi connectivity index (χ3v) is 3.16. The molecule has 0 aliphatic carbocycles. The zero-order chi connectivity index (χ0) is 15.9. The molecule has 1 N–H and O–H groups in total. The normalized spacial score (nSPS) is 9.57. The maximum atomic E-state index is 12.1. The summed E-state index contributed by atoms with van der Waals surface area (Å²) in [7, 11) is 0. The van der Waals surface area contributed by atoms with Gasteiger partial charge in [-0.3, -0.25) is 4.79 Å². The number of hydrogen-bond acceptors (Lipinski definition) is 2. The van der Waals surface area contributed by atoms with Crippen molar-refractivity contribution in [1.82, 2.24) is 4.98 Å². The SMILES string of the molecule is O=C(Nc1cccc(C#Cc2ccccn2)c1)c1ccccc1. The Hall–Kier alpha value is -3.38. The minimum atomic E-state index is -0.138. The smallest absolute Gasteiger partial charge is 0.255 e. The number of rotatable bonds is 2. The molecule has 1 amide bonds. The molecule has 0 fully saturated rings. The number of anilines is 1. The predicted octanol–water partition coefficient (Wildman–Crippen LogP) is 3.73. The molecule has 0 bridgehead atoms. The van der Waals surface area contributed by atoms with Crippen LogP contribution in [-0.2, 0) is 0 Å². The Morgan fingerprint density at radius 1 is 0.870 bits per heavy atom. The van der Waals surface area contributed by atoms with E-state index in [0.29, 0.717) is 16.9 Å². The number of carbonyl (C=O) groups is 1. The van der Waals surface area contributed by atoms with Crippen molar-refractivity contribution < 1.29 is 4.79 Å². The van der Waals surface area contributed by atoms with Crippen molar-refractivity contribution in [3.8, 4) is 11.8 Å². The van der Waals surface area contributed by atoms with Gasteiger partial charge in [0.1, 0.15) is 5.69 Å². The van der Waals surface area contributed by atoms with Gasteiger partial charge in [-0.25, -0.2) is 4.98 Å². The second kappa shape index (κ2) is 7.06.